The third kappa shape index (κ3) is 3.73. The van der Waals surface area contributed by atoms with Crippen LogP contribution in [0.15, 0.2) is 34.2 Å². The Morgan fingerprint density at radius 1 is 1.50 bits per heavy atom. The summed E-state index contributed by atoms with van der Waals surface area (Å²) in [5.74, 6) is -0.305. The zero-order valence-electron chi connectivity index (χ0n) is 12.6. The van der Waals surface area contributed by atoms with Crippen LogP contribution in [0.25, 0.3) is 0 Å². The molecule has 0 saturated carbocycles. The van der Waals surface area contributed by atoms with Crippen molar-refractivity contribution in [2.45, 2.75) is 12.8 Å². The van der Waals surface area contributed by atoms with E-state index in [-0.39, 0.29) is 22.4 Å². The molecule has 1 aromatic carbocycles. The van der Waals surface area contributed by atoms with E-state index in [1.807, 2.05) is 4.90 Å². The number of thiazole rings is 1. The maximum Gasteiger partial charge on any atom is 0.293 e. The second-order valence-corrected chi connectivity index (χ2v) is 7.31. The van der Waals surface area contributed by atoms with Gasteiger partial charge in [-0.2, -0.15) is 0 Å². The largest absolute Gasteiger partial charge is 0.365 e. The lowest BCUT2D eigenvalue weighted by molar-refractivity contribution is -0.384. The summed E-state index contributed by atoms with van der Waals surface area (Å²) in [4.78, 5) is 29.3. The Kier molecular flexibility index (Phi) is 5.10. The molecule has 1 aliphatic rings. The van der Waals surface area contributed by atoms with Gasteiger partial charge in [0.15, 0.2) is 5.13 Å². The fourth-order valence-corrected chi connectivity index (χ4v) is 3.69. The number of hydrogen-bond donors (Lipinski definition) is 1. The smallest absolute Gasteiger partial charge is 0.293 e. The predicted molar refractivity (Wildman–Crippen MR) is 96.5 cm³/mol. The van der Waals surface area contributed by atoms with E-state index in [1.165, 1.54) is 17.4 Å². The van der Waals surface area contributed by atoms with Gasteiger partial charge in [-0.1, -0.05) is 15.9 Å². The number of aromatic nitrogens is 1. The van der Waals surface area contributed by atoms with Crippen molar-refractivity contribution in [3.8, 4) is 0 Å². The third-order valence-corrected chi connectivity index (χ3v) is 5.11. The van der Waals surface area contributed by atoms with E-state index in [0.29, 0.717) is 28.4 Å². The predicted octanol–water partition coefficient (Wildman–Crippen LogP) is 3.67. The summed E-state index contributed by atoms with van der Waals surface area (Å²) in [6, 6.07) is 5.00. The van der Waals surface area contributed by atoms with Crippen LogP contribution in [0.4, 0.5) is 16.5 Å². The normalized spacial score (nSPS) is 17.5. The Balaban J connectivity index is 1.76. The van der Waals surface area contributed by atoms with Crippen LogP contribution in [0.3, 0.4) is 0 Å². The van der Waals surface area contributed by atoms with Gasteiger partial charge < -0.3 is 10.2 Å². The number of anilines is 2. The van der Waals surface area contributed by atoms with Crippen molar-refractivity contribution in [3.05, 3.63) is 44.4 Å². The molecule has 1 aliphatic heterocycles. The summed E-state index contributed by atoms with van der Waals surface area (Å²) in [7, 11) is 0. The first-order valence-electron chi connectivity index (χ1n) is 7.44. The number of hydrogen-bond acceptors (Lipinski definition) is 6. The summed E-state index contributed by atoms with van der Waals surface area (Å²) in [6.45, 7) is 1.16. The van der Waals surface area contributed by atoms with Gasteiger partial charge in [0.05, 0.1) is 10.8 Å². The molecule has 1 saturated heterocycles. The zero-order valence-corrected chi connectivity index (χ0v) is 15.0. The molecule has 0 aliphatic carbocycles. The van der Waals surface area contributed by atoms with Crippen LogP contribution in [-0.4, -0.2) is 28.9 Å². The lowest BCUT2D eigenvalue weighted by Gasteiger charge is -2.33. The lowest BCUT2D eigenvalue weighted by Crippen LogP contribution is -2.41. The minimum absolute atomic E-state index is 0.0466. The molecule has 0 radical (unpaired) electrons. The van der Waals surface area contributed by atoms with Gasteiger partial charge in [-0.25, -0.2) is 4.98 Å². The molecule has 1 aromatic heterocycles. The maximum absolute atomic E-state index is 12.4. The maximum atomic E-state index is 12.4. The molecular weight excluding hydrogens is 396 g/mol. The molecule has 2 heterocycles. The number of nitro groups is 1. The second kappa shape index (κ2) is 7.27. The van der Waals surface area contributed by atoms with Crippen molar-refractivity contribution in [3.63, 3.8) is 0 Å². The highest BCUT2D eigenvalue weighted by molar-refractivity contribution is 9.10. The molecular formula is C15H15BrN4O3S. The van der Waals surface area contributed by atoms with Gasteiger partial charge in [0.25, 0.3) is 5.69 Å². The highest BCUT2D eigenvalue weighted by atomic mass is 79.9. The molecule has 24 heavy (non-hydrogen) atoms. The van der Waals surface area contributed by atoms with E-state index in [9.17, 15) is 14.9 Å². The number of nitrogens with zero attached hydrogens (tertiary/aromatic N) is 3. The topological polar surface area (TPSA) is 88.4 Å². The van der Waals surface area contributed by atoms with Gasteiger partial charge in [0.2, 0.25) is 5.91 Å². The molecule has 7 nitrogen and oxygen atoms in total. The Morgan fingerprint density at radius 3 is 3.04 bits per heavy atom. The molecule has 0 spiro atoms. The summed E-state index contributed by atoms with van der Waals surface area (Å²) in [6.07, 6.45) is 3.21. The first-order chi connectivity index (χ1) is 11.5. The van der Waals surface area contributed by atoms with Crippen LogP contribution < -0.4 is 10.2 Å². The van der Waals surface area contributed by atoms with Crippen LogP contribution in [-0.2, 0) is 4.79 Å². The number of nitro benzene ring substituents is 1. The number of nitrogens with one attached hydrogen (secondary N) is 1. The monoisotopic (exact) mass is 410 g/mol. The SMILES string of the molecule is O=C(Nc1nccs1)C1CCCN(c2ccc(Br)cc2[N+](=O)[O-])C1. The number of piperidine rings is 1. The van der Waals surface area contributed by atoms with E-state index < -0.39 is 0 Å². The summed E-state index contributed by atoms with van der Waals surface area (Å²) in [5.41, 5.74) is 0.598. The number of carbonyl (C=O) groups is 1. The standard InChI is InChI=1S/C15H15BrN4O3S/c16-11-3-4-12(13(8-11)20(22)23)19-6-1-2-10(9-19)14(21)18-15-17-5-7-24-15/h3-5,7-8,10H,1-2,6,9H2,(H,17,18,21). The van der Waals surface area contributed by atoms with Gasteiger partial charge in [-0.3, -0.25) is 14.9 Å². The number of amides is 1. The Bertz CT molecular complexity index is 753. The molecule has 1 unspecified atom stereocenters. The molecule has 126 valence electrons. The van der Waals surface area contributed by atoms with Crippen molar-refractivity contribution in [2.24, 2.45) is 5.92 Å². The van der Waals surface area contributed by atoms with Gasteiger partial charge in [0, 0.05) is 35.2 Å². The van der Waals surface area contributed by atoms with Gasteiger partial charge in [-0.05, 0) is 25.0 Å². The van der Waals surface area contributed by atoms with Crippen molar-refractivity contribution < 1.29 is 9.72 Å². The molecule has 9 heteroatoms. The quantitative estimate of drug-likeness (QED) is 0.613. The molecule has 1 N–H and O–H groups in total. The van der Waals surface area contributed by atoms with Crippen LogP contribution >= 0.6 is 27.3 Å². The van der Waals surface area contributed by atoms with Crippen molar-refractivity contribution in [2.75, 3.05) is 23.3 Å². The van der Waals surface area contributed by atoms with Gasteiger partial charge in [-0.15, -0.1) is 11.3 Å². The van der Waals surface area contributed by atoms with E-state index in [1.54, 1.807) is 23.7 Å². The van der Waals surface area contributed by atoms with Crippen molar-refractivity contribution in [1.29, 1.82) is 0 Å². The highest BCUT2D eigenvalue weighted by Crippen LogP contribution is 2.34. The minimum Gasteiger partial charge on any atom is -0.365 e. The Morgan fingerprint density at radius 2 is 2.33 bits per heavy atom. The molecule has 1 fully saturated rings. The fraction of sp³-hybridized carbons (Fsp3) is 0.333. The van der Waals surface area contributed by atoms with Crippen LogP contribution in [0.2, 0.25) is 0 Å². The summed E-state index contributed by atoms with van der Waals surface area (Å²) < 4.78 is 0.660. The van der Waals surface area contributed by atoms with Gasteiger partial charge >= 0.3 is 0 Å². The molecule has 1 amide bonds. The fourth-order valence-electron chi connectivity index (χ4n) is 2.81. The Hall–Kier alpha value is -2.00. The van der Waals surface area contributed by atoms with E-state index in [4.69, 9.17) is 0 Å². The molecule has 1 atom stereocenters. The number of carbonyl (C=O) groups excluding carboxylic acids is 1. The molecule has 0 bridgehead atoms. The minimum atomic E-state index is -0.390. The second-order valence-electron chi connectivity index (χ2n) is 5.50. The summed E-state index contributed by atoms with van der Waals surface area (Å²) in [5, 5.41) is 16.5. The lowest BCUT2D eigenvalue weighted by atomic mass is 9.96. The van der Waals surface area contributed by atoms with Gasteiger partial charge in [0.1, 0.15) is 5.69 Å². The average molecular weight is 411 g/mol. The van der Waals surface area contributed by atoms with E-state index in [0.717, 1.165) is 12.8 Å². The zero-order chi connectivity index (χ0) is 17.1. The van der Waals surface area contributed by atoms with Crippen molar-refractivity contribution in [1.82, 2.24) is 4.98 Å². The first kappa shape index (κ1) is 16.8. The first-order valence-corrected chi connectivity index (χ1v) is 9.11. The van der Waals surface area contributed by atoms with E-state index in [2.05, 4.69) is 26.2 Å². The average Bonchev–Trinajstić information content (AvgIpc) is 3.07. The molecule has 3 rings (SSSR count). The van der Waals surface area contributed by atoms with E-state index >= 15 is 0 Å². The van der Waals surface area contributed by atoms with Crippen LogP contribution in [0.5, 0.6) is 0 Å². The van der Waals surface area contributed by atoms with Crippen LogP contribution in [0, 0.1) is 16.0 Å². The highest BCUT2D eigenvalue weighted by Gasteiger charge is 2.29. The van der Waals surface area contributed by atoms with Crippen molar-refractivity contribution >= 4 is 49.7 Å². The van der Waals surface area contributed by atoms with Crippen LogP contribution in [0.1, 0.15) is 12.8 Å². The Labute approximate surface area is 151 Å². The number of rotatable bonds is 4. The third-order valence-electron chi connectivity index (χ3n) is 3.93. The summed E-state index contributed by atoms with van der Waals surface area (Å²) >= 11 is 4.63. The number of halogens is 1. The number of benzene rings is 1. The molecule has 2 aromatic rings.